The molecule has 4 heteroatoms. The first-order valence-corrected chi connectivity index (χ1v) is 12.4. The zero-order valence-corrected chi connectivity index (χ0v) is 22.6. The first-order valence-electron chi connectivity index (χ1n) is 10.8. The summed E-state index contributed by atoms with van der Waals surface area (Å²) in [6.45, 7) is 16.7. The SMILES string of the molecule is Cc1cc(C)c(N2[C]N(c3c(C)cc(C)cc3C)C(Br)(Br)C2=Cc2ccccc2)c(C)c1. The fourth-order valence-electron chi connectivity index (χ4n) is 4.74. The molecular formula is C28H28Br2N2. The Morgan fingerprint density at radius 1 is 0.719 bits per heavy atom. The lowest BCUT2D eigenvalue weighted by Crippen LogP contribution is -2.32. The summed E-state index contributed by atoms with van der Waals surface area (Å²) in [5.74, 6) is 0. The number of alkyl halides is 2. The van der Waals surface area contributed by atoms with Crippen molar-refractivity contribution in [2.45, 2.75) is 44.9 Å². The van der Waals surface area contributed by atoms with Gasteiger partial charge >= 0.3 is 0 Å². The van der Waals surface area contributed by atoms with Crippen LogP contribution in [0, 0.1) is 48.2 Å². The van der Waals surface area contributed by atoms with Gasteiger partial charge in [0.15, 0.2) is 3.36 Å². The average molecular weight is 552 g/mol. The molecule has 0 aromatic heterocycles. The van der Waals surface area contributed by atoms with Gasteiger partial charge in [-0.25, -0.2) is 0 Å². The molecule has 164 valence electrons. The Bertz CT molecular complexity index is 1150. The number of halogens is 2. The van der Waals surface area contributed by atoms with E-state index in [-0.39, 0.29) is 0 Å². The van der Waals surface area contributed by atoms with Crippen molar-refractivity contribution >= 4 is 49.3 Å². The highest BCUT2D eigenvalue weighted by molar-refractivity contribution is 9.25. The van der Waals surface area contributed by atoms with Gasteiger partial charge in [-0.1, -0.05) is 65.7 Å². The molecule has 0 aliphatic carbocycles. The van der Waals surface area contributed by atoms with Crippen molar-refractivity contribution in [2.75, 3.05) is 9.80 Å². The summed E-state index contributed by atoms with van der Waals surface area (Å²) >= 11 is 8.06. The molecule has 2 nitrogen and oxygen atoms in total. The van der Waals surface area contributed by atoms with Gasteiger partial charge in [-0.3, -0.25) is 0 Å². The Morgan fingerprint density at radius 3 is 1.69 bits per heavy atom. The second kappa shape index (κ2) is 8.72. The van der Waals surface area contributed by atoms with Crippen LogP contribution < -0.4 is 9.80 Å². The van der Waals surface area contributed by atoms with Crippen LogP contribution in [0.15, 0.2) is 60.3 Å². The number of nitrogens with zero attached hydrogens (tertiary/aromatic N) is 2. The summed E-state index contributed by atoms with van der Waals surface area (Å²) in [6.07, 6.45) is 2.22. The molecule has 1 aliphatic heterocycles. The van der Waals surface area contributed by atoms with Gasteiger partial charge in [-0.05, 0) is 107 Å². The summed E-state index contributed by atoms with van der Waals surface area (Å²) in [6, 6.07) is 19.4. The quantitative estimate of drug-likeness (QED) is 0.238. The lowest BCUT2D eigenvalue weighted by molar-refractivity contribution is 0.981. The topological polar surface area (TPSA) is 6.48 Å². The van der Waals surface area contributed by atoms with Gasteiger partial charge in [0.05, 0.1) is 5.70 Å². The molecule has 1 saturated heterocycles. The second-order valence-corrected chi connectivity index (χ2v) is 12.1. The number of aryl methyl sites for hydroxylation is 6. The van der Waals surface area contributed by atoms with Crippen molar-refractivity contribution in [3.8, 4) is 0 Å². The molecule has 1 heterocycles. The molecule has 0 unspecified atom stereocenters. The fraction of sp³-hybridized carbons (Fsp3) is 0.250. The number of benzene rings is 3. The first-order chi connectivity index (χ1) is 15.1. The third kappa shape index (κ3) is 4.15. The van der Waals surface area contributed by atoms with E-state index in [1.807, 2.05) is 6.07 Å². The number of hydrogen-bond acceptors (Lipinski definition) is 2. The molecule has 1 fully saturated rings. The van der Waals surface area contributed by atoms with E-state index in [1.165, 1.54) is 33.4 Å². The summed E-state index contributed by atoms with van der Waals surface area (Å²) in [5, 5.41) is 0. The van der Waals surface area contributed by atoms with Crippen LogP contribution in [0.25, 0.3) is 6.08 Å². The predicted octanol–water partition coefficient (Wildman–Crippen LogP) is 8.34. The molecule has 0 bridgehead atoms. The van der Waals surface area contributed by atoms with Crippen molar-refractivity contribution < 1.29 is 0 Å². The summed E-state index contributed by atoms with van der Waals surface area (Å²) < 4.78 is -0.648. The van der Waals surface area contributed by atoms with Crippen LogP contribution in [-0.4, -0.2) is 3.36 Å². The van der Waals surface area contributed by atoms with Gasteiger partial charge < -0.3 is 9.80 Å². The van der Waals surface area contributed by atoms with Gasteiger partial charge in [-0.15, -0.1) is 0 Å². The van der Waals surface area contributed by atoms with Gasteiger partial charge in [0, 0.05) is 11.4 Å². The Hall–Kier alpha value is -2.04. The molecule has 3 aromatic carbocycles. The molecule has 2 radical (unpaired) electrons. The summed E-state index contributed by atoms with van der Waals surface area (Å²) in [5.41, 5.74) is 11.9. The summed E-state index contributed by atoms with van der Waals surface area (Å²) in [4.78, 5) is 4.37. The highest BCUT2D eigenvalue weighted by Gasteiger charge is 2.49. The third-order valence-electron chi connectivity index (χ3n) is 5.85. The predicted molar refractivity (Wildman–Crippen MR) is 145 cm³/mol. The highest BCUT2D eigenvalue weighted by Crippen LogP contribution is 2.53. The molecule has 4 rings (SSSR count). The molecular weight excluding hydrogens is 524 g/mol. The van der Waals surface area contributed by atoms with Crippen LogP contribution >= 0.6 is 31.9 Å². The van der Waals surface area contributed by atoms with Gasteiger partial charge in [0.2, 0.25) is 6.67 Å². The Labute approximate surface area is 209 Å². The average Bonchev–Trinajstić information content (AvgIpc) is 2.92. The lowest BCUT2D eigenvalue weighted by Gasteiger charge is -2.31. The van der Waals surface area contributed by atoms with Crippen LogP contribution in [0.4, 0.5) is 11.4 Å². The van der Waals surface area contributed by atoms with E-state index < -0.39 is 3.36 Å². The normalized spacial score (nSPS) is 16.8. The van der Waals surface area contributed by atoms with Gasteiger partial charge in [-0.2, -0.15) is 0 Å². The monoisotopic (exact) mass is 550 g/mol. The van der Waals surface area contributed by atoms with Crippen LogP contribution in [0.1, 0.15) is 38.9 Å². The molecule has 3 aromatic rings. The zero-order valence-electron chi connectivity index (χ0n) is 19.4. The zero-order chi connectivity index (χ0) is 23.2. The van der Waals surface area contributed by atoms with Crippen LogP contribution in [0.2, 0.25) is 0 Å². The molecule has 0 spiro atoms. The fourth-order valence-corrected chi connectivity index (χ4v) is 5.83. The minimum Gasteiger partial charge on any atom is -0.311 e. The Morgan fingerprint density at radius 2 is 1.19 bits per heavy atom. The molecule has 0 amide bonds. The number of hydrogen-bond donors (Lipinski definition) is 0. The minimum atomic E-state index is -0.648. The van der Waals surface area contributed by atoms with Gasteiger partial charge in [0.25, 0.3) is 0 Å². The maximum Gasteiger partial charge on any atom is 0.215 e. The Balaban J connectivity index is 1.94. The van der Waals surface area contributed by atoms with E-state index in [4.69, 9.17) is 0 Å². The number of anilines is 2. The summed E-state index contributed by atoms with van der Waals surface area (Å²) in [7, 11) is 0. The lowest BCUT2D eigenvalue weighted by atomic mass is 10.0. The molecule has 0 atom stereocenters. The van der Waals surface area contributed by atoms with Crippen LogP contribution in [0.5, 0.6) is 0 Å². The van der Waals surface area contributed by atoms with Crippen molar-refractivity contribution in [1.29, 1.82) is 0 Å². The van der Waals surface area contributed by atoms with E-state index in [0.29, 0.717) is 0 Å². The van der Waals surface area contributed by atoms with Crippen molar-refractivity contribution in [3.05, 3.63) is 106 Å². The second-order valence-electron chi connectivity index (χ2n) is 8.75. The molecule has 0 saturated carbocycles. The van der Waals surface area contributed by atoms with E-state index in [2.05, 4.69) is 144 Å². The van der Waals surface area contributed by atoms with Gasteiger partial charge in [0.1, 0.15) is 0 Å². The van der Waals surface area contributed by atoms with Crippen molar-refractivity contribution in [1.82, 2.24) is 0 Å². The smallest absolute Gasteiger partial charge is 0.215 e. The van der Waals surface area contributed by atoms with Crippen LogP contribution in [-0.2, 0) is 0 Å². The highest BCUT2D eigenvalue weighted by atomic mass is 79.9. The van der Waals surface area contributed by atoms with E-state index in [9.17, 15) is 0 Å². The van der Waals surface area contributed by atoms with E-state index >= 15 is 0 Å². The largest absolute Gasteiger partial charge is 0.311 e. The van der Waals surface area contributed by atoms with E-state index in [0.717, 1.165) is 22.6 Å². The Kier molecular flexibility index (Phi) is 6.30. The molecule has 32 heavy (non-hydrogen) atoms. The maximum absolute atomic E-state index is 4.03. The van der Waals surface area contributed by atoms with Crippen molar-refractivity contribution in [2.24, 2.45) is 0 Å². The van der Waals surface area contributed by atoms with Crippen molar-refractivity contribution in [3.63, 3.8) is 0 Å². The number of rotatable bonds is 3. The molecule has 0 N–H and O–H groups in total. The first kappa shape index (κ1) is 23.1. The standard InChI is InChI=1S/C28H28Br2N2/c1-18-12-20(3)26(21(4)13-18)31-17-32(27-22(5)14-19(2)15-23(27)6)28(29,30)25(31)16-24-10-8-7-9-11-24/h7-16H,1-6H3. The maximum atomic E-state index is 4.03. The molecule has 1 aliphatic rings. The van der Waals surface area contributed by atoms with E-state index in [1.54, 1.807) is 0 Å². The van der Waals surface area contributed by atoms with Crippen LogP contribution in [0.3, 0.4) is 0 Å². The third-order valence-corrected chi connectivity index (χ3v) is 7.37. The minimum absolute atomic E-state index is 0.648.